The third-order valence-corrected chi connectivity index (χ3v) is 5.51. The highest BCUT2D eigenvalue weighted by Crippen LogP contribution is 2.28. The van der Waals surface area contributed by atoms with Gasteiger partial charge in [-0.2, -0.15) is 0 Å². The van der Waals surface area contributed by atoms with Gasteiger partial charge in [0.2, 0.25) is 5.91 Å². The number of carbonyl (C=O) groups is 1. The van der Waals surface area contributed by atoms with Crippen molar-refractivity contribution in [1.29, 1.82) is 0 Å². The number of fused-ring (bicyclic) bond motifs is 1. The Balaban J connectivity index is 1.47. The number of pyridine rings is 1. The number of amides is 1. The molecule has 152 valence electrons. The summed E-state index contributed by atoms with van der Waals surface area (Å²) >= 11 is 0. The third-order valence-electron chi connectivity index (χ3n) is 5.51. The van der Waals surface area contributed by atoms with Gasteiger partial charge in [-0.25, -0.2) is 4.98 Å². The molecule has 0 saturated carbocycles. The largest absolute Gasteiger partial charge is 0.354 e. The molecule has 0 aliphatic rings. The minimum Gasteiger partial charge on any atom is -0.354 e. The van der Waals surface area contributed by atoms with Gasteiger partial charge >= 0.3 is 0 Å². The molecule has 4 aromatic rings. The predicted molar refractivity (Wildman–Crippen MR) is 120 cm³/mol. The fourth-order valence-corrected chi connectivity index (χ4v) is 3.91. The summed E-state index contributed by atoms with van der Waals surface area (Å²) in [4.78, 5) is 17.5. The van der Waals surface area contributed by atoms with Gasteiger partial charge in [0, 0.05) is 30.8 Å². The Morgan fingerprint density at radius 1 is 0.967 bits per heavy atom. The van der Waals surface area contributed by atoms with Crippen molar-refractivity contribution in [2.75, 3.05) is 0 Å². The van der Waals surface area contributed by atoms with Crippen molar-refractivity contribution in [3.63, 3.8) is 0 Å². The average molecular weight is 398 g/mol. The first kappa shape index (κ1) is 19.9. The van der Waals surface area contributed by atoms with Crippen LogP contribution in [0.15, 0.2) is 91.3 Å². The molecule has 2 aromatic carbocycles. The Labute approximate surface area is 177 Å². The molecule has 2 unspecified atom stereocenters. The Morgan fingerprint density at radius 2 is 1.67 bits per heavy atom. The summed E-state index contributed by atoms with van der Waals surface area (Å²) in [5.41, 5.74) is 4.34. The van der Waals surface area contributed by atoms with Gasteiger partial charge in [-0.1, -0.05) is 66.7 Å². The molecule has 0 bridgehead atoms. The van der Waals surface area contributed by atoms with E-state index in [1.807, 2.05) is 54.9 Å². The van der Waals surface area contributed by atoms with Crippen LogP contribution in [0.4, 0.5) is 0 Å². The summed E-state index contributed by atoms with van der Waals surface area (Å²) < 4.78 is 2.07. The topological polar surface area (TPSA) is 46.4 Å². The highest BCUT2D eigenvalue weighted by atomic mass is 16.1. The fourth-order valence-electron chi connectivity index (χ4n) is 3.91. The maximum atomic E-state index is 12.9. The van der Waals surface area contributed by atoms with E-state index in [4.69, 9.17) is 0 Å². The van der Waals surface area contributed by atoms with Crippen molar-refractivity contribution >= 4 is 11.6 Å². The molecular weight excluding hydrogens is 370 g/mol. The summed E-state index contributed by atoms with van der Waals surface area (Å²) in [6, 6.07) is 26.7. The molecular formula is C26H27N3O. The molecule has 0 saturated heterocycles. The number of rotatable bonds is 8. The highest BCUT2D eigenvalue weighted by molar-refractivity contribution is 5.77. The second kappa shape index (κ2) is 9.40. The molecule has 1 N–H and O–H groups in total. The number of nitrogens with one attached hydrogen (secondary N) is 1. The van der Waals surface area contributed by atoms with E-state index in [-0.39, 0.29) is 17.9 Å². The van der Waals surface area contributed by atoms with Gasteiger partial charge in [0.1, 0.15) is 5.65 Å². The number of aromatic nitrogens is 2. The van der Waals surface area contributed by atoms with Crippen LogP contribution in [-0.2, 0) is 11.2 Å². The SMILES string of the molecule is CC(CCc1ccccc1)NC(=O)CC(c1ccccc1)c1cnc2ccccn12. The lowest BCUT2D eigenvalue weighted by Gasteiger charge is -2.19. The van der Waals surface area contributed by atoms with Crippen molar-refractivity contribution in [3.8, 4) is 0 Å². The van der Waals surface area contributed by atoms with Crippen molar-refractivity contribution in [3.05, 3.63) is 108 Å². The maximum absolute atomic E-state index is 12.9. The van der Waals surface area contributed by atoms with E-state index < -0.39 is 0 Å². The molecule has 0 radical (unpaired) electrons. The van der Waals surface area contributed by atoms with Crippen LogP contribution in [0.5, 0.6) is 0 Å². The zero-order chi connectivity index (χ0) is 20.8. The second-order valence-corrected chi connectivity index (χ2v) is 7.77. The van der Waals surface area contributed by atoms with Crippen LogP contribution in [-0.4, -0.2) is 21.3 Å². The van der Waals surface area contributed by atoms with E-state index >= 15 is 0 Å². The van der Waals surface area contributed by atoms with E-state index in [1.165, 1.54) is 5.56 Å². The van der Waals surface area contributed by atoms with E-state index in [2.05, 4.69) is 58.0 Å². The van der Waals surface area contributed by atoms with Crippen LogP contribution in [0.2, 0.25) is 0 Å². The lowest BCUT2D eigenvalue weighted by atomic mass is 9.92. The summed E-state index contributed by atoms with van der Waals surface area (Å²) in [5, 5.41) is 3.19. The van der Waals surface area contributed by atoms with E-state index in [9.17, 15) is 4.79 Å². The van der Waals surface area contributed by atoms with Crippen LogP contribution in [0.25, 0.3) is 5.65 Å². The van der Waals surface area contributed by atoms with Crippen molar-refractivity contribution in [2.45, 2.75) is 38.1 Å². The molecule has 1 amide bonds. The highest BCUT2D eigenvalue weighted by Gasteiger charge is 2.22. The van der Waals surface area contributed by atoms with Gasteiger partial charge in [0.25, 0.3) is 0 Å². The second-order valence-electron chi connectivity index (χ2n) is 7.77. The van der Waals surface area contributed by atoms with Crippen LogP contribution in [0.3, 0.4) is 0 Å². The Bertz CT molecular complexity index is 1090. The summed E-state index contributed by atoms with van der Waals surface area (Å²) in [6.07, 6.45) is 6.16. The summed E-state index contributed by atoms with van der Waals surface area (Å²) in [5.74, 6) is 0.0141. The first-order chi connectivity index (χ1) is 14.7. The number of carbonyl (C=O) groups excluding carboxylic acids is 1. The zero-order valence-corrected chi connectivity index (χ0v) is 17.2. The van der Waals surface area contributed by atoms with Gasteiger partial charge in [-0.05, 0) is 43.0 Å². The molecule has 4 nitrogen and oxygen atoms in total. The Hall–Kier alpha value is -3.40. The minimum atomic E-state index is -0.0510. The summed E-state index contributed by atoms with van der Waals surface area (Å²) in [7, 11) is 0. The molecule has 0 aliphatic carbocycles. The zero-order valence-electron chi connectivity index (χ0n) is 17.2. The Kier molecular flexibility index (Phi) is 6.23. The van der Waals surface area contributed by atoms with Crippen LogP contribution < -0.4 is 5.32 Å². The van der Waals surface area contributed by atoms with E-state index in [0.717, 1.165) is 29.7 Å². The number of benzene rings is 2. The fraction of sp³-hybridized carbons (Fsp3) is 0.231. The number of nitrogens with zero attached hydrogens (tertiary/aromatic N) is 2. The molecule has 0 fully saturated rings. The Morgan fingerprint density at radius 3 is 2.43 bits per heavy atom. The molecule has 2 heterocycles. The van der Waals surface area contributed by atoms with Gasteiger partial charge in [0.15, 0.2) is 0 Å². The summed E-state index contributed by atoms with van der Waals surface area (Å²) in [6.45, 7) is 2.08. The number of imidazole rings is 1. The van der Waals surface area contributed by atoms with Gasteiger partial charge in [0.05, 0.1) is 5.69 Å². The molecule has 30 heavy (non-hydrogen) atoms. The van der Waals surface area contributed by atoms with Gasteiger partial charge < -0.3 is 9.72 Å². The number of aryl methyl sites for hydroxylation is 1. The molecule has 0 aliphatic heterocycles. The molecule has 4 heteroatoms. The molecule has 4 rings (SSSR count). The smallest absolute Gasteiger partial charge is 0.221 e. The number of hydrogen-bond acceptors (Lipinski definition) is 2. The van der Waals surface area contributed by atoms with Crippen molar-refractivity contribution in [1.82, 2.24) is 14.7 Å². The minimum absolute atomic E-state index is 0.0510. The number of hydrogen-bond donors (Lipinski definition) is 1. The maximum Gasteiger partial charge on any atom is 0.221 e. The molecule has 2 atom stereocenters. The molecule has 0 spiro atoms. The van der Waals surface area contributed by atoms with E-state index in [0.29, 0.717) is 6.42 Å². The van der Waals surface area contributed by atoms with Crippen LogP contribution >= 0.6 is 0 Å². The quantitative estimate of drug-likeness (QED) is 0.455. The monoisotopic (exact) mass is 397 g/mol. The lowest BCUT2D eigenvalue weighted by molar-refractivity contribution is -0.121. The average Bonchev–Trinajstić information content (AvgIpc) is 3.21. The van der Waals surface area contributed by atoms with Gasteiger partial charge in [-0.15, -0.1) is 0 Å². The predicted octanol–water partition coefficient (Wildman–Crippen LogP) is 4.99. The standard InChI is InChI=1S/C26H27N3O/c1-20(15-16-21-10-4-2-5-11-21)28-26(30)18-23(22-12-6-3-7-13-22)24-19-27-25-14-8-9-17-29(24)25/h2-14,17,19-20,23H,15-16,18H2,1H3,(H,28,30). The van der Waals surface area contributed by atoms with Crippen LogP contribution in [0, 0.1) is 0 Å². The van der Waals surface area contributed by atoms with Crippen LogP contribution in [0.1, 0.15) is 42.5 Å². The first-order valence-electron chi connectivity index (χ1n) is 10.5. The van der Waals surface area contributed by atoms with Gasteiger partial charge in [-0.3, -0.25) is 4.79 Å². The van der Waals surface area contributed by atoms with Crippen molar-refractivity contribution in [2.24, 2.45) is 0 Å². The lowest BCUT2D eigenvalue weighted by Crippen LogP contribution is -2.34. The normalized spacial score (nSPS) is 13.1. The first-order valence-corrected chi connectivity index (χ1v) is 10.5. The third kappa shape index (κ3) is 4.77. The molecule has 2 aromatic heterocycles. The van der Waals surface area contributed by atoms with E-state index in [1.54, 1.807) is 0 Å². The van der Waals surface area contributed by atoms with Crippen molar-refractivity contribution < 1.29 is 4.79 Å².